The third kappa shape index (κ3) is 7.69. The minimum absolute atomic E-state index is 0.398. The van der Waals surface area contributed by atoms with Gasteiger partial charge in [-0.2, -0.15) is 0 Å². The van der Waals surface area contributed by atoms with Crippen LogP contribution in [0.15, 0.2) is 12.2 Å². The Balaban J connectivity index is 0. The summed E-state index contributed by atoms with van der Waals surface area (Å²) in [5.74, 6) is -0.435. The van der Waals surface area contributed by atoms with Crippen molar-refractivity contribution in [3.8, 4) is 0 Å². The Bertz CT molecular complexity index is 170. The quantitative estimate of drug-likeness (QED) is 0.330. The average molecular weight is 206 g/mol. The van der Waals surface area contributed by atoms with Crippen molar-refractivity contribution >= 4 is 5.91 Å². The SMILES string of the molecule is C=C(C)C(N)=O.NC(CO)(CO)CO. The number of hydrogen-bond acceptors (Lipinski definition) is 5. The van der Waals surface area contributed by atoms with Crippen LogP contribution in [0.25, 0.3) is 0 Å². The van der Waals surface area contributed by atoms with Crippen LogP contribution in [0, 0.1) is 0 Å². The maximum Gasteiger partial charge on any atom is 0.243 e. The summed E-state index contributed by atoms with van der Waals surface area (Å²) in [7, 11) is 0. The van der Waals surface area contributed by atoms with E-state index in [1.165, 1.54) is 0 Å². The fourth-order valence-corrected chi connectivity index (χ4v) is 0.150. The fraction of sp³-hybridized carbons (Fsp3) is 0.625. The summed E-state index contributed by atoms with van der Waals surface area (Å²) in [6, 6.07) is 0. The first-order valence-corrected chi connectivity index (χ1v) is 3.89. The van der Waals surface area contributed by atoms with Crippen molar-refractivity contribution in [1.82, 2.24) is 0 Å². The molecule has 0 radical (unpaired) electrons. The highest BCUT2D eigenvalue weighted by Gasteiger charge is 2.20. The topological polar surface area (TPSA) is 130 Å². The van der Waals surface area contributed by atoms with Crippen LogP contribution in [0.5, 0.6) is 0 Å². The van der Waals surface area contributed by atoms with Gasteiger partial charge in [0.15, 0.2) is 0 Å². The highest BCUT2D eigenvalue weighted by atomic mass is 16.3. The number of carbonyl (C=O) groups is 1. The fourth-order valence-electron chi connectivity index (χ4n) is 0.150. The Labute approximate surface area is 82.8 Å². The summed E-state index contributed by atoms with van der Waals surface area (Å²) < 4.78 is 0. The van der Waals surface area contributed by atoms with Crippen LogP contribution in [-0.4, -0.2) is 46.6 Å². The average Bonchev–Trinajstić information content (AvgIpc) is 2.17. The van der Waals surface area contributed by atoms with Crippen LogP contribution in [0.4, 0.5) is 0 Å². The lowest BCUT2D eigenvalue weighted by Crippen LogP contribution is -2.50. The molecule has 0 saturated heterocycles. The van der Waals surface area contributed by atoms with Gasteiger partial charge in [-0.15, -0.1) is 0 Å². The van der Waals surface area contributed by atoms with Gasteiger partial charge in [-0.25, -0.2) is 0 Å². The molecule has 6 nitrogen and oxygen atoms in total. The van der Waals surface area contributed by atoms with Gasteiger partial charge in [-0.3, -0.25) is 4.79 Å². The number of nitrogens with two attached hydrogens (primary N) is 2. The summed E-state index contributed by atoms with van der Waals surface area (Å²) in [5, 5.41) is 25.0. The Morgan fingerprint density at radius 1 is 1.29 bits per heavy atom. The highest BCUT2D eigenvalue weighted by Crippen LogP contribution is 1.93. The molecule has 0 aromatic carbocycles. The van der Waals surface area contributed by atoms with Gasteiger partial charge >= 0.3 is 0 Å². The first kappa shape index (κ1) is 15.5. The molecular formula is C8H18N2O4. The normalized spacial score (nSPS) is 10.1. The molecule has 6 heteroatoms. The van der Waals surface area contributed by atoms with E-state index in [0.717, 1.165) is 0 Å². The number of aliphatic hydroxyl groups is 3. The van der Waals surface area contributed by atoms with Gasteiger partial charge in [0.05, 0.1) is 25.4 Å². The second-order valence-electron chi connectivity index (χ2n) is 2.98. The van der Waals surface area contributed by atoms with E-state index in [9.17, 15) is 4.79 Å². The van der Waals surface area contributed by atoms with Crippen molar-refractivity contribution in [3.05, 3.63) is 12.2 Å². The van der Waals surface area contributed by atoms with Gasteiger partial charge in [0.2, 0.25) is 5.91 Å². The minimum atomic E-state index is -1.21. The zero-order chi connectivity index (χ0) is 11.8. The summed E-state index contributed by atoms with van der Waals surface area (Å²) in [6.07, 6.45) is 0. The Morgan fingerprint density at radius 3 is 1.50 bits per heavy atom. The van der Waals surface area contributed by atoms with Crippen molar-refractivity contribution < 1.29 is 20.1 Å². The third-order valence-corrected chi connectivity index (χ3v) is 1.37. The van der Waals surface area contributed by atoms with E-state index >= 15 is 0 Å². The molecule has 0 rings (SSSR count). The number of rotatable bonds is 4. The molecule has 0 aliphatic carbocycles. The lowest BCUT2D eigenvalue weighted by molar-refractivity contribution is -0.114. The maximum absolute atomic E-state index is 9.82. The lowest BCUT2D eigenvalue weighted by atomic mass is 10.1. The van der Waals surface area contributed by atoms with E-state index in [4.69, 9.17) is 26.8 Å². The van der Waals surface area contributed by atoms with E-state index in [-0.39, 0.29) is 0 Å². The molecule has 7 N–H and O–H groups in total. The number of hydrogen-bond donors (Lipinski definition) is 5. The van der Waals surface area contributed by atoms with Crippen molar-refractivity contribution in [3.63, 3.8) is 0 Å². The van der Waals surface area contributed by atoms with Crippen molar-refractivity contribution in [1.29, 1.82) is 0 Å². The molecule has 0 unspecified atom stereocenters. The van der Waals surface area contributed by atoms with Crippen molar-refractivity contribution in [2.24, 2.45) is 11.5 Å². The molecule has 0 aliphatic heterocycles. The molecule has 0 aromatic heterocycles. The zero-order valence-corrected chi connectivity index (χ0v) is 8.23. The second kappa shape index (κ2) is 7.45. The molecule has 0 aliphatic rings. The number of amides is 1. The molecule has 0 saturated carbocycles. The van der Waals surface area contributed by atoms with Gasteiger partial charge in [-0.1, -0.05) is 6.58 Å². The standard InChI is InChI=1S/C4H11NO3.C4H7NO/c5-4(1-6,2-7)3-8;1-3(2)4(5)6/h6-8H,1-3,5H2;1H2,2H3,(H2,5,6). The van der Waals surface area contributed by atoms with Crippen LogP contribution in [0.3, 0.4) is 0 Å². The Morgan fingerprint density at radius 2 is 1.50 bits per heavy atom. The largest absolute Gasteiger partial charge is 0.394 e. The van der Waals surface area contributed by atoms with Gasteiger partial charge in [0.1, 0.15) is 0 Å². The first-order chi connectivity index (χ1) is 6.32. The number of aliphatic hydroxyl groups excluding tert-OH is 3. The van der Waals surface area contributed by atoms with Gasteiger partial charge < -0.3 is 26.8 Å². The van der Waals surface area contributed by atoms with Crippen LogP contribution in [-0.2, 0) is 4.79 Å². The van der Waals surface area contributed by atoms with E-state index in [1.807, 2.05) is 0 Å². The van der Waals surface area contributed by atoms with E-state index in [1.54, 1.807) is 6.92 Å². The van der Waals surface area contributed by atoms with Gasteiger partial charge in [0.25, 0.3) is 0 Å². The Hall–Kier alpha value is -0.950. The summed E-state index contributed by atoms with van der Waals surface area (Å²) in [4.78, 5) is 9.82. The molecule has 0 bridgehead atoms. The van der Waals surface area contributed by atoms with Crippen LogP contribution in [0.2, 0.25) is 0 Å². The Kier molecular flexibility index (Phi) is 8.26. The van der Waals surface area contributed by atoms with Crippen molar-refractivity contribution in [2.45, 2.75) is 12.5 Å². The van der Waals surface area contributed by atoms with E-state index < -0.39 is 31.3 Å². The summed E-state index contributed by atoms with van der Waals surface area (Å²) >= 11 is 0. The van der Waals surface area contributed by atoms with Gasteiger partial charge in [-0.05, 0) is 6.92 Å². The van der Waals surface area contributed by atoms with Crippen LogP contribution >= 0.6 is 0 Å². The predicted octanol–water partition coefficient (Wildman–Crippen LogP) is -2.29. The zero-order valence-electron chi connectivity index (χ0n) is 8.23. The molecule has 0 spiro atoms. The minimum Gasteiger partial charge on any atom is -0.394 e. The smallest absolute Gasteiger partial charge is 0.243 e. The summed E-state index contributed by atoms with van der Waals surface area (Å²) in [6.45, 7) is 3.64. The van der Waals surface area contributed by atoms with Crippen molar-refractivity contribution in [2.75, 3.05) is 19.8 Å². The van der Waals surface area contributed by atoms with Crippen LogP contribution < -0.4 is 11.5 Å². The monoisotopic (exact) mass is 206 g/mol. The predicted molar refractivity (Wildman–Crippen MR) is 52.2 cm³/mol. The molecule has 0 atom stereocenters. The molecule has 0 aromatic rings. The molecular weight excluding hydrogens is 188 g/mol. The van der Waals surface area contributed by atoms with Crippen LogP contribution in [0.1, 0.15) is 6.92 Å². The van der Waals surface area contributed by atoms with E-state index in [0.29, 0.717) is 5.57 Å². The molecule has 0 fully saturated rings. The van der Waals surface area contributed by atoms with Gasteiger partial charge in [0, 0.05) is 5.57 Å². The second-order valence-corrected chi connectivity index (χ2v) is 2.98. The number of primary amides is 1. The van der Waals surface area contributed by atoms with E-state index in [2.05, 4.69) is 6.58 Å². The summed E-state index contributed by atoms with van der Waals surface area (Å²) in [5.41, 5.74) is 9.03. The molecule has 1 amide bonds. The molecule has 14 heavy (non-hydrogen) atoms. The maximum atomic E-state index is 9.82. The third-order valence-electron chi connectivity index (χ3n) is 1.37. The lowest BCUT2D eigenvalue weighted by Gasteiger charge is -2.20. The first-order valence-electron chi connectivity index (χ1n) is 3.89. The highest BCUT2D eigenvalue weighted by molar-refractivity contribution is 5.90. The molecule has 0 heterocycles. The number of carbonyl (C=O) groups excluding carboxylic acids is 1. The molecule has 84 valence electrons.